The van der Waals surface area contributed by atoms with Gasteiger partial charge in [-0.2, -0.15) is 0 Å². The number of carbonyl (C=O) groups is 3. The minimum absolute atomic E-state index is 0.104. The van der Waals surface area contributed by atoms with Crippen LogP contribution in [0, 0.1) is 0 Å². The summed E-state index contributed by atoms with van der Waals surface area (Å²) in [7, 11) is 0. The molecule has 0 saturated carbocycles. The smallest absolute Gasteiger partial charge is 0.306 e. The van der Waals surface area contributed by atoms with Gasteiger partial charge in [0.05, 0.1) is 0 Å². The third-order valence-corrected chi connectivity index (χ3v) is 11.1. The van der Waals surface area contributed by atoms with Crippen LogP contribution in [0.15, 0.2) is 85.1 Å². The fraction of sp³-hybridized carbons (Fsp3) is 0.707. The maximum absolute atomic E-state index is 12.8. The Morgan fingerprint density at radius 3 is 1.08 bits per heavy atom. The van der Waals surface area contributed by atoms with Gasteiger partial charge in [-0.3, -0.25) is 14.4 Å². The first-order valence-electron chi connectivity index (χ1n) is 26.6. The molecule has 0 aromatic carbocycles. The number of hydrogen-bond acceptors (Lipinski definition) is 6. The highest BCUT2D eigenvalue weighted by Gasteiger charge is 2.19. The summed E-state index contributed by atoms with van der Waals surface area (Å²) in [4.78, 5) is 38.0. The fourth-order valence-electron chi connectivity index (χ4n) is 7.17. The van der Waals surface area contributed by atoms with Gasteiger partial charge < -0.3 is 14.2 Å². The zero-order valence-corrected chi connectivity index (χ0v) is 41.8. The van der Waals surface area contributed by atoms with Crippen molar-refractivity contribution in [3.63, 3.8) is 0 Å². The van der Waals surface area contributed by atoms with E-state index in [1.54, 1.807) is 0 Å². The van der Waals surface area contributed by atoms with Crippen molar-refractivity contribution >= 4 is 17.9 Å². The molecule has 0 N–H and O–H groups in total. The molecular formula is C58H98O6. The molecule has 0 bridgehead atoms. The molecule has 0 rings (SSSR count). The average molecular weight is 891 g/mol. The van der Waals surface area contributed by atoms with E-state index in [4.69, 9.17) is 14.2 Å². The normalized spacial score (nSPS) is 12.7. The quantitative estimate of drug-likeness (QED) is 0.0262. The van der Waals surface area contributed by atoms with Gasteiger partial charge in [-0.05, 0) is 83.5 Å². The summed E-state index contributed by atoms with van der Waals surface area (Å²) in [5.41, 5.74) is 0. The van der Waals surface area contributed by atoms with E-state index in [1.165, 1.54) is 116 Å². The Labute approximate surface area is 395 Å². The van der Waals surface area contributed by atoms with E-state index < -0.39 is 6.10 Å². The van der Waals surface area contributed by atoms with Crippen LogP contribution in [0.2, 0.25) is 0 Å². The summed E-state index contributed by atoms with van der Waals surface area (Å²) in [6, 6.07) is 0. The predicted molar refractivity (Wildman–Crippen MR) is 274 cm³/mol. The SMILES string of the molecule is CC/C=C\C/C=C\C/C=C\C/C=C\CCC(=O)OCC(COC(=O)CCCCCCCC/C=C\C/C=C\C/C=C\CCCCC)OC(=O)CCCCCCCCCCCCCCCC. The lowest BCUT2D eigenvalue weighted by Gasteiger charge is -2.18. The lowest BCUT2D eigenvalue weighted by atomic mass is 10.0. The van der Waals surface area contributed by atoms with Crippen molar-refractivity contribution in [3.05, 3.63) is 85.1 Å². The van der Waals surface area contributed by atoms with Crippen molar-refractivity contribution in [3.8, 4) is 0 Å². The van der Waals surface area contributed by atoms with Crippen molar-refractivity contribution in [2.45, 2.75) is 252 Å². The molecule has 64 heavy (non-hydrogen) atoms. The maximum Gasteiger partial charge on any atom is 0.306 e. The second kappa shape index (κ2) is 52.2. The van der Waals surface area contributed by atoms with Crippen molar-refractivity contribution in [1.82, 2.24) is 0 Å². The molecule has 6 nitrogen and oxygen atoms in total. The van der Waals surface area contributed by atoms with E-state index in [0.717, 1.165) is 83.5 Å². The summed E-state index contributed by atoms with van der Waals surface area (Å²) in [6.45, 7) is 6.42. The van der Waals surface area contributed by atoms with E-state index in [9.17, 15) is 14.4 Å². The van der Waals surface area contributed by atoms with Gasteiger partial charge in [-0.1, -0.05) is 228 Å². The van der Waals surface area contributed by atoms with Crippen molar-refractivity contribution in [2.75, 3.05) is 13.2 Å². The summed E-state index contributed by atoms with van der Waals surface area (Å²) in [5, 5.41) is 0. The zero-order valence-electron chi connectivity index (χ0n) is 41.8. The van der Waals surface area contributed by atoms with Gasteiger partial charge in [-0.25, -0.2) is 0 Å². The fourth-order valence-corrected chi connectivity index (χ4v) is 7.17. The van der Waals surface area contributed by atoms with Crippen LogP contribution in [0.5, 0.6) is 0 Å². The standard InChI is InChI=1S/C58H98O6/c1-4-7-10-13-16-19-22-25-27-28-29-30-31-34-36-39-42-45-48-51-57(60)63-54-55(53-62-56(59)50-47-44-41-38-35-32-24-21-18-15-12-9-6-3)64-58(61)52-49-46-43-40-37-33-26-23-20-17-14-11-8-5-2/h9,12,16,18-19,21,25,27,29-30,32,35,41,44,55H,4-8,10-11,13-15,17,20,22-24,26,28,31,33-34,36-40,42-43,45-54H2,1-3H3/b12-9-,19-16-,21-18-,27-25-,30-29-,35-32-,44-41-. The second-order valence-corrected chi connectivity index (χ2v) is 17.4. The second-order valence-electron chi connectivity index (χ2n) is 17.4. The first-order valence-corrected chi connectivity index (χ1v) is 26.6. The van der Waals surface area contributed by atoms with Gasteiger partial charge in [0.15, 0.2) is 6.10 Å². The molecule has 0 aliphatic rings. The highest BCUT2D eigenvalue weighted by atomic mass is 16.6. The number of hydrogen-bond donors (Lipinski definition) is 0. The Morgan fingerprint density at radius 2 is 0.641 bits per heavy atom. The van der Waals surface area contributed by atoms with E-state index in [0.29, 0.717) is 19.3 Å². The Kier molecular flexibility index (Phi) is 49.4. The molecule has 1 atom stereocenters. The molecule has 0 aliphatic heterocycles. The number of esters is 3. The number of rotatable bonds is 47. The molecule has 6 heteroatoms. The molecule has 1 unspecified atom stereocenters. The van der Waals surface area contributed by atoms with Crippen molar-refractivity contribution < 1.29 is 28.6 Å². The van der Waals surface area contributed by atoms with Crippen LogP contribution < -0.4 is 0 Å². The van der Waals surface area contributed by atoms with Gasteiger partial charge in [0.1, 0.15) is 13.2 Å². The van der Waals surface area contributed by atoms with Gasteiger partial charge >= 0.3 is 17.9 Å². The molecule has 0 aromatic rings. The first kappa shape index (κ1) is 60.6. The van der Waals surface area contributed by atoms with Crippen LogP contribution >= 0.6 is 0 Å². The summed E-state index contributed by atoms with van der Waals surface area (Å²) in [5.74, 6) is -0.998. The lowest BCUT2D eigenvalue weighted by molar-refractivity contribution is -0.166. The Hall–Kier alpha value is -3.41. The van der Waals surface area contributed by atoms with Gasteiger partial charge in [-0.15, -0.1) is 0 Å². The maximum atomic E-state index is 12.8. The van der Waals surface area contributed by atoms with Gasteiger partial charge in [0, 0.05) is 19.3 Å². The summed E-state index contributed by atoms with van der Waals surface area (Å²) in [6.07, 6.45) is 67.2. The molecule has 366 valence electrons. The highest BCUT2D eigenvalue weighted by Crippen LogP contribution is 2.15. The number of allylic oxidation sites excluding steroid dienone is 14. The zero-order chi connectivity index (χ0) is 46.5. The van der Waals surface area contributed by atoms with Crippen LogP contribution in [-0.4, -0.2) is 37.2 Å². The van der Waals surface area contributed by atoms with E-state index in [-0.39, 0.29) is 37.5 Å². The molecule has 0 saturated heterocycles. The third-order valence-electron chi connectivity index (χ3n) is 11.1. The van der Waals surface area contributed by atoms with Crippen molar-refractivity contribution in [1.29, 1.82) is 0 Å². The lowest BCUT2D eigenvalue weighted by Crippen LogP contribution is -2.30. The summed E-state index contributed by atoms with van der Waals surface area (Å²) < 4.78 is 16.7. The van der Waals surface area contributed by atoms with Crippen LogP contribution in [0.25, 0.3) is 0 Å². The minimum Gasteiger partial charge on any atom is -0.462 e. The van der Waals surface area contributed by atoms with E-state index in [1.807, 2.05) is 12.2 Å². The third kappa shape index (κ3) is 49.6. The molecular weight excluding hydrogens is 793 g/mol. The Balaban J connectivity index is 4.45. The van der Waals surface area contributed by atoms with Crippen molar-refractivity contribution in [2.24, 2.45) is 0 Å². The topological polar surface area (TPSA) is 78.9 Å². The van der Waals surface area contributed by atoms with Crippen LogP contribution in [0.1, 0.15) is 245 Å². The summed E-state index contributed by atoms with van der Waals surface area (Å²) >= 11 is 0. The highest BCUT2D eigenvalue weighted by molar-refractivity contribution is 5.71. The van der Waals surface area contributed by atoms with E-state index in [2.05, 4.69) is 93.7 Å². The molecule has 0 amide bonds. The van der Waals surface area contributed by atoms with Crippen LogP contribution in [0.4, 0.5) is 0 Å². The first-order chi connectivity index (χ1) is 31.5. The number of unbranched alkanes of at least 4 members (excludes halogenated alkanes) is 22. The Bertz CT molecular complexity index is 1250. The molecule has 0 heterocycles. The minimum atomic E-state index is -0.809. The molecule has 0 radical (unpaired) electrons. The molecule has 0 spiro atoms. The number of carbonyl (C=O) groups excluding carboxylic acids is 3. The van der Waals surface area contributed by atoms with Crippen LogP contribution in [-0.2, 0) is 28.6 Å². The average Bonchev–Trinajstić information content (AvgIpc) is 3.29. The van der Waals surface area contributed by atoms with Gasteiger partial charge in [0.2, 0.25) is 0 Å². The molecule has 0 fully saturated rings. The molecule has 0 aromatic heterocycles. The predicted octanol–water partition coefficient (Wildman–Crippen LogP) is 17.6. The Morgan fingerprint density at radius 1 is 0.328 bits per heavy atom. The van der Waals surface area contributed by atoms with Gasteiger partial charge in [0.25, 0.3) is 0 Å². The van der Waals surface area contributed by atoms with Crippen LogP contribution in [0.3, 0.4) is 0 Å². The monoisotopic (exact) mass is 891 g/mol. The molecule has 0 aliphatic carbocycles. The number of ether oxygens (including phenoxy) is 3. The van der Waals surface area contributed by atoms with E-state index >= 15 is 0 Å². The largest absolute Gasteiger partial charge is 0.462 e.